The van der Waals surface area contributed by atoms with E-state index < -0.39 is 5.91 Å². The second-order valence-electron chi connectivity index (χ2n) is 7.89. The zero-order chi connectivity index (χ0) is 22.8. The Labute approximate surface area is 188 Å². The van der Waals surface area contributed by atoms with Crippen molar-refractivity contribution in [1.29, 1.82) is 0 Å². The van der Waals surface area contributed by atoms with Crippen LogP contribution >= 0.6 is 0 Å². The number of nitrogens with zero attached hydrogens (tertiary/aromatic N) is 1. The van der Waals surface area contributed by atoms with Gasteiger partial charge in [-0.15, -0.1) is 0 Å². The summed E-state index contributed by atoms with van der Waals surface area (Å²) in [6.45, 7) is 6.05. The fourth-order valence-corrected chi connectivity index (χ4v) is 3.94. The van der Waals surface area contributed by atoms with Crippen LogP contribution in [0.5, 0.6) is 5.75 Å². The number of hydrogen-bond donors (Lipinski definition) is 1. The first-order valence-corrected chi connectivity index (χ1v) is 10.6. The largest absolute Gasteiger partial charge is 0.497 e. The van der Waals surface area contributed by atoms with Gasteiger partial charge in [0.05, 0.1) is 18.4 Å². The number of benzene rings is 3. The van der Waals surface area contributed by atoms with Gasteiger partial charge < -0.3 is 10.1 Å². The first-order valence-electron chi connectivity index (χ1n) is 10.6. The summed E-state index contributed by atoms with van der Waals surface area (Å²) >= 11 is 0. The number of methoxy groups -OCH3 is 1. The lowest BCUT2D eigenvalue weighted by atomic mass is 9.97. The molecule has 5 heteroatoms. The van der Waals surface area contributed by atoms with Gasteiger partial charge in [0.15, 0.2) is 0 Å². The number of nitrogens with one attached hydrogen (secondary N) is 1. The average Bonchev–Trinajstić information content (AvgIpc) is 3.03. The minimum atomic E-state index is -0.391. The second-order valence-corrected chi connectivity index (χ2v) is 7.89. The van der Waals surface area contributed by atoms with E-state index in [1.165, 1.54) is 10.5 Å². The first kappa shape index (κ1) is 21.4. The Hall–Kier alpha value is -3.86. The number of hydrogen-bond acceptors (Lipinski definition) is 4. The van der Waals surface area contributed by atoms with Crippen molar-refractivity contribution in [1.82, 2.24) is 0 Å². The van der Waals surface area contributed by atoms with E-state index in [1.807, 2.05) is 56.3 Å². The Kier molecular flexibility index (Phi) is 5.82. The van der Waals surface area contributed by atoms with Gasteiger partial charge in [-0.3, -0.25) is 9.59 Å². The van der Waals surface area contributed by atoms with E-state index in [9.17, 15) is 9.59 Å². The monoisotopic (exact) mass is 426 g/mol. The maximum absolute atomic E-state index is 13.6. The highest BCUT2D eigenvalue weighted by Crippen LogP contribution is 2.36. The summed E-state index contributed by atoms with van der Waals surface area (Å²) in [5.74, 6) is -0.173. The lowest BCUT2D eigenvalue weighted by Gasteiger charge is -2.16. The topological polar surface area (TPSA) is 58.6 Å². The van der Waals surface area contributed by atoms with Crippen LogP contribution in [-0.4, -0.2) is 18.9 Å². The van der Waals surface area contributed by atoms with E-state index in [-0.39, 0.29) is 11.6 Å². The molecule has 1 heterocycles. The number of imide groups is 1. The molecule has 0 saturated carbocycles. The summed E-state index contributed by atoms with van der Waals surface area (Å²) in [5, 5.41) is 3.23. The number of rotatable bonds is 6. The molecule has 0 fully saturated rings. The fourth-order valence-electron chi connectivity index (χ4n) is 3.94. The molecule has 0 atom stereocenters. The zero-order valence-corrected chi connectivity index (χ0v) is 18.7. The maximum Gasteiger partial charge on any atom is 0.282 e. The number of ether oxygens (including phenoxy) is 1. The molecule has 162 valence electrons. The summed E-state index contributed by atoms with van der Waals surface area (Å²) < 4.78 is 5.29. The first-order chi connectivity index (χ1) is 15.4. The molecule has 0 bridgehead atoms. The quantitative estimate of drug-likeness (QED) is 0.546. The normalized spacial score (nSPS) is 13.7. The van der Waals surface area contributed by atoms with Crippen LogP contribution in [0.15, 0.2) is 72.4 Å². The molecule has 3 aromatic carbocycles. The van der Waals surface area contributed by atoms with Gasteiger partial charge in [0.1, 0.15) is 11.4 Å². The van der Waals surface area contributed by atoms with Gasteiger partial charge in [0, 0.05) is 11.8 Å². The Morgan fingerprint density at radius 1 is 0.906 bits per heavy atom. The highest BCUT2D eigenvalue weighted by molar-refractivity contribution is 6.46. The average molecular weight is 427 g/mol. The highest BCUT2D eigenvalue weighted by atomic mass is 16.5. The maximum atomic E-state index is 13.6. The third-order valence-electron chi connectivity index (χ3n) is 5.68. The van der Waals surface area contributed by atoms with Gasteiger partial charge in [-0.2, -0.15) is 0 Å². The van der Waals surface area contributed by atoms with Gasteiger partial charge in [-0.1, -0.05) is 48.9 Å². The molecular weight excluding hydrogens is 400 g/mol. The fraction of sp³-hybridized carbons (Fsp3) is 0.185. The molecule has 0 saturated heterocycles. The summed E-state index contributed by atoms with van der Waals surface area (Å²) in [4.78, 5) is 28.4. The van der Waals surface area contributed by atoms with Crippen molar-refractivity contribution in [2.24, 2.45) is 0 Å². The van der Waals surface area contributed by atoms with E-state index >= 15 is 0 Å². The van der Waals surface area contributed by atoms with Crippen molar-refractivity contribution in [3.63, 3.8) is 0 Å². The van der Waals surface area contributed by atoms with Gasteiger partial charge in [-0.05, 0) is 61.2 Å². The van der Waals surface area contributed by atoms with Crippen molar-refractivity contribution in [2.45, 2.75) is 27.2 Å². The molecule has 0 unspecified atom stereocenters. The Balaban J connectivity index is 1.83. The molecular formula is C27H26N2O3. The molecule has 0 radical (unpaired) electrons. The number of anilines is 2. The van der Waals surface area contributed by atoms with Crippen molar-refractivity contribution in [2.75, 3.05) is 17.3 Å². The summed E-state index contributed by atoms with van der Waals surface area (Å²) in [6, 6.07) is 20.7. The summed E-state index contributed by atoms with van der Waals surface area (Å²) in [6.07, 6.45) is 0.928. The van der Waals surface area contributed by atoms with Gasteiger partial charge >= 0.3 is 0 Å². The molecule has 0 aromatic heterocycles. The molecule has 5 nitrogen and oxygen atoms in total. The molecule has 0 aliphatic carbocycles. The lowest BCUT2D eigenvalue weighted by molar-refractivity contribution is -0.120. The smallest absolute Gasteiger partial charge is 0.282 e. The van der Waals surface area contributed by atoms with Crippen LogP contribution in [0.2, 0.25) is 0 Å². The van der Waals surface area contributed by atoms with Crippen molar-refractivity contribution >= 4 is 28.8 Å². The molecule has 4 rings (SSSR count). The summed E-state index contributed by atoms with van der Waals surface area (Å²) in [5.41, 5.74) is 5.85. The van der Waals surface area contributed by atoms with E-state index in [4.69, 9.17) is 4.74 Å². The minimum absolute atomic E-state index is 0.272. The molecule has 0 spiro atoms. The molecule has 1 aliphatic rings. The molecule has 32 heavy (non-hydrogen) atoms. The second kappa shape index (κ2) is 8.71. The predicted octanol–water partition coefficient (Wildman–Crippen LogP) is 5.27. The Morgan fingerprint density at radius 3 is 2.31 bits per heavy atom. The lowest BCUT2D eigenvalue weighted by Crippen LogP contribution is -2.32. The van der Waals surface area contributed by atoms with Crippen LogP contribution in [0, 0.1) is 13.8 Å². The number of carbonyl (C=O) groups excluding carboxylic acids is 2. The molecule has 2 amide bonds. The number of carbonyl (C=O) groups is 2. The zero-order valence-electron chi connectivity index (χ0n) is 18.7. The minimum Gasteiger partial charge on any atom is -0.497 e. The highest BCUT2D eigenvalue weighted by Gasteiger charge is 2.40. The number of aryl methyl sites for hydroxylation is 3. The Morgan fingerprint density at radius 2 is 1.66 bits per heavy atom. The van der Waals surface area contributed by atoms with Gasteiger partial charge in [0.25, 0.3) is 11.8 Å². The predicted molar refractivity (Wildman–Crippen MR) is 128 cm³/mol. The van der Waals surface area contributed by atoms with E-state index in [1.54, 1.807) is 31.4 Å². The van der Waals surface area contributed by atoms with E-state index in [2.05, 4.69) is 12.2 Å². The van der Waals surface area contributed by atoms with Crippen LogP contribution < -0.4 is 15.0 Å². The third-order valence-corrected chi connectivity index (χ3v) is 5.68. The SMILES string of the molecule is CCc1ccc(NC2=C(c3ccc(C)cc3C)C(=O)N(c3cccc(OC)c3)C2=O)cc1. The third kappa shape index (κ3) is 3.89. The standard InChI is InChI=1S/C27H26N2O3/c1-5-19-10-12-20(13-11-19)28-25-24(23-14-9-17(2)15-18(23)3)26(30)29(27(25)31)21-7-6-8-22(16-21)32-4/h6-16,28H,5H2,1-4H3. The summed E-state index contributed by atoms with van der Waals surface area (Å²) in [7, 11) is 1.55. The molecule has 1 N–H and O–H groups in total. The van der Waals surface area contributed by atoms with Crippen LogP contribution in [0.3, 0.4) is 0 Å². The Bertz CT molecular complexity index is 1230. The van der Waals surface area contributed by atoms with E-state index in [0.717, 1.165) is 28.8 Å². The van der Waals surface area contributed by atoms with Gasteiger partial charge in [-0.25, -0.2) is 4.90 Å². The number of amides is 2. The van der Waals surface area contributed by atoms with Crippen LogP contribution in [0.25, 0.3) is 5.57 Å². The van der Waals surface area contributed by atoms with E-state index in [0.29, 0.717) is 17.0 Å². The molecule has 1 aliphatic heterocycles. The van der Waals surface area contributed by atoms with Crippen molar-refractivity contribution < 1.29 is 14.3 Å². The molecule has 3 aromatic rings. The van der Waals surface area contributed by atoms with Crippen LogP contribution in [0.4, 0.5) is 11.4 Å². The van der Waals surface area contributed by atoms with Crippen molar-refractivity contribution in [3.8, 4) is 5.75 Å². The van der Waals surface area contributed by atoms with Crippen LogP contribution in [0.1, 0.15) is 29.2 Å². The van der Waals surface area contributed by atoms with Crippen molar-refractivity contribution in [3.05, 3.63) is 94.7 Å². The van der Waals surface area contributed by atoms with Gasteiger partial charge in [0.2, 0.25) is 0 Å². The van der Waals surface area contributed by atoms with Crippen LogP contribution in [-0.2, 0) is 16.0 Å².